The average molecular weight is 413 g/mol. The van der Waals surface area contributed by atoms with Crippen LogP contribution in [0.15, 0.2) is 60.7 Å². The first kappa shape index (κ1) is 16.2. The van der Waals surface area contributed by atoms with Gasteiger partial charge in [-0.15, -0.1) is 22.7 Å². The van der Waals surface area contributed by atoms with Gasteiger partial charge < -0.3 is 0 Å². The maximum atomic E-state index is 6.32. The molecule has 5 rings (SSSR count). The molecule has 0 amide bonds. The summed E-state index contributed by atoms with van der Waals surface area (Å²) in [5.74, 6) is 0. The minimum atomic E-state index is 0.715. The van der Waals surface area contributed by atoms with Crippen LogP contribution in [0.2, 0.25) is 10.0 Å². The summed E-state index contributed by atoms with van der Waals surface area (Å²) in [6.07, 6.45) is 0. The summed E-state index contributed by atoms with van der Waals surface area (Å²) in [4.78, 5) is 9.56. The second-order valence-corrected chi connectivity index (χ2v) is 8.66. The zero-order valence-corrected chi connectivity index (χ0v) is 16.4. The van der Waals surface area contributed by atoms with Gasteiger partial charge in [-0.3, -0.25) is 0 Å². The van der Waals surface area contributed by atoms with Crippen molar-refractivity contribution < 1.29 is 0 Å². The van der Waals surface area contributed by atoms with E-state index >= 15 is 0 Å². The van der Waals surface area contributed by atoms with E-state index in [1.165, 1.54) is 0 Å². The number of thiazole rings is 2. The topological polar surface area (TPSA) is 25.8 Å². The highest BCUT2D eigenvalue weighted by Crippen LogP contribution is 2.39. The van der Waals surface area contributed by atoms with Gasteiger partial charge in [-0.1, -0.05) is 59.6 Å². The highest BCUT2D eigenvalue weighted by Gasteiger charge is 2.14. The quantitative estimate of drug-likeness (QED) is 0.299. The van der Waals surface area contributed by atoms with Crippen LogP contribution in [0.1, 0.15) is 0 Å². The molecule has 0 saturated heterocycles. The number of halogens is 2. The largest absolute Gasteiger partial charge is 0.236 e. The molecule has 0 N–H and O–H groups in total. The first-order chi connectivity index (χ1) is 12.7. The molecule has 0 radical (unpaired) electrons. The van der Waals surface area contributed by atoms with E-state index in [2.05, 4.69) is 12.1 Å². The molecule has 0 unspecified atom stereocenters. The van der Waals surface area contributed by atoms with Crippen molar-refractivity contribution in [3.05, 3.63) is 70.7 Å². The van der Waals surface area contributed by atoms with Gasteiger partial charge in [0.05, 0.1) is 30.5 Å². The fourth-order valence-electron chi connectivity index (χ4n) is 2.85. The molecule has 0 saturated carbocycles. The maximum Gasteiger partial charge on any atom is 0.126 e. The van der Waals surface area contributed by atoms with Crippen molar-refractivity contribution >= 4 is 66.3 Å². The van der Waals surface area contributed by atoms with Crippen LogP contribution < -0.4 is 0 Å². The van der Waals surface area contributed by atoms with Crippen molar-refractivity contribution in [2.24, 2.45) is 0 Å². The fourth-order valence-corrected chi connectivity index (χ4v) is 5.45. The van der Waals surface area contributed by atoms with E-state index in [1.807, 2.05) is 48.5 Å². The van der Waals surface area contributed by atoms with Crippen molar-refractivity contribution in [3.8, 4) is 21.1 Å². The third-order valence-electron chi connectivity index (χ3n) is 4.11. The highest BCUT2D eigenvalue weighted by molar-refractivity contribution is 7.23. The third-order valence-corrected chi connectivity index (χ3v) is 6.87. The van der Waals surface area contributed by atoms with E-state index in [-0.39, 0.29) is 0 Å². The van der Waals surface area contributed by atoms with E-state index in [0.717, 1.165) is 41.6 Å². The number of nitrogens with zero attached hydrogens (tertiary/aromatic N) is 2. The van der Waals surface area contributed by atoms with Crippen LogP contribution >= 0.6 is 45.9 Å². The molecule has 2 nitrogen and oxygen atoms in total. The first-order valence-corrected chi connectivity index (χ1v) is 10.3. The molecule has 0 aliphatic heterocycles. The van der Waals surface area contributed by atoms with Crippen LogP contribution in [0.5, 0.6) is 0 Å². The van der Waals surface area contributed by atoms with Crippen molar-refractivity contribution in [1.82, 2.24) is 9.97 Å². The summed E-state index contributed by atoms with van der Waals surface area (Å²) in [6, 6.07) is 19.8. The summed E-state index contributed by atoms with van der Waals surface area (Å²) in [7, 11) is 0. The molecule has 0 bridgehead atoms. The molecule has 0 spiro atoms. The standard InChI is InChI=1S/C20H10Cl2N2S2/c21-13-7-3-1-5-11(13)19-23-15-9-18-16(10-17(15)25-19)24-20(26-18)12-6-2-4-8-14(12)22/h1-10H. The van der Waals surface area contributed by atoms with Crippen LogP contribution in [0.3, 0.4) is 0 Å². The molecule has 2 heterocycles. The Morgan fingerprint density at radius 1 is 0.615 bits per heavy atom. The van der Waals surface area contributed by atoms with Gasteiger partial charge in [0.25, 0.3) is 0 Å². The Balaban J connectivity index is 1.66. The molecular formula is C20H10Cl2N2S2. The number of benzene rings is 3. The second-order valence-electron chi connectivity index (χ2n) is 5.79. The van der Waals surface area contributed by atoms with E-state index in [0.29, 0.717) is 10.0 Å². The Bertz CT molecular complexity index is 1130. The Hall–Kier alpha value is -1.98. The Morgan fingerprint density at radius 2 is 1.04 bits per heavy atom. The third kappa shape index (κ3) is 2.70. The number of aromatic nitrogens is 2. The van der Waals surface area contributed by atoms with Crippen molar-refractivity contribution in [3.63, 3.8) is 0 Å². The lowest BCUT2D eigenvalue weighted by molar-refractivity contribution is 1.47. The van der Waals surface area contributed by atoms with Crippen LogP contribution in [-0.4, -0.2) is 9.97 Å². The van der Waals surface area contributed by atoms with Crippen LogP contribution in [0, 0.1) is 0 Å². The lowest BCUT2D eigenvalue weighted by Gasteiger charge is -1.97. The van der Waals surface area contributed by atoms with E-state index in [4.69, 9.17) is 33.2 Å². The van der Waals surface area contributed by atoms with Gasteiger partial charge in [0.2, 0.25) is 0 Å². The molecule has 26 heavy (non-hydrogen) atoms. The number of hydrogen-bond donors (Lipinski definition) is 0. The van der Waals surface area contributed by atoms with Gasteiger partial charge >= 0.3 is 0 Å². The molecular weight excluding hydrogens is 403 g/mol. The summed E-state index contributed by atoms with van der Waals surface area (Å²) >= 11 is 15.9. The Morgan fingerprint density at radius 3 is 1.46 bits per heavy atom. The highest BCUT2D eigenvalue weighted by atomic mass is 35.5. The Kier molecular flexibility index (Phi) is 3.94. The second kappa shape index (κ2) is 6.32. The van der Waals surface area contributed by atoms with Crippen LogP contribution in [0.25, 0.3) is 41.6 Å². The molecule has 5 aromatic rings. The maximum absolute atomic E-state index is 6.32. The van der Waals surface area contributed by atoms with E-state index in [1.54, 1.807) is 22.7 Å². The smallest absolute Gasteiger partial charge is 0.126 e. The van der Waals surface area contributed by atoms with Gasteiger partial charge in [-0.2, -0.15) is 0 Å². The van der Waals surface area contributed by atoms with Crippen LogP contribution in [0.4, 0.5) is 0 Å². The average Bonchev–Trinajstić information content (AvgIpc) is 3.23. The zero-order valence-electron chi connectivity index (χ0n) is 13.2. The predicted molar refractivity (Wildman–Crippen MR) is 114 cm³/mol. The Labute approximate surface area is 167 Å². The monoisotopic (exact) mass is 412 g/mol. The number of fused-ring (bicyclic) bond motifs is 2. The minimum Gasteiger partial charge on any atom is -0.236 e. The summed E-state index contributed by atoms with van der Waals surface area (Å²) in [5, 5.41) is 3.28. The van der Waals surface area contributed by atoms with Gasteiger partial charge in [0, 0.05) is 11.1 Å². The molecule has 0 aliphatic carbocycles. The molecule has 0 fully saturated rings. The summed E-state index contributed by atoms with van der Waals surface area (Å²) in [6.45, 7) is 0. The van der Waals surface area contributed by atoms with Crippen molar-refractivity contribution in [2.75, 3.05) is 0 Å². The molecule has 0 aliphatic rings. The van der Waals surface area contributed by atoms with Gasteiger partial charge in [-0.25, -0.2) is 9.97 Å². The first-order valence-electron chi connectivity index (χ1n) is 7.90. The SMILES string of the molecule is Clc1ccccc1-c1nc2cc3sc(-c4ccccc4Cl)nc3cc2s1. The van der Waals surface area contributed by atoms with Crippen LogP contribution in [-0.2, 0) is 0 Å². The van der Waals surface area contributed by atoms with E-state index in [9.17, 15) is 0 Å². The summed E-state index contributed by atoms with van der Waals surface area (Å²) < 4.78 is 2.20. The van der Waals surface area contributed by atoms with Gasteiger partial charge in [0.15, 0.2) is 0 Å². The molecule has 3 aromatic carbocycles. The number of hydrogen-bond acceptors (Lipinski definition) is 4. The fraction of sp³-hybridized carbons (Fsp3) is 0. The lowest BCUT2D eigenvalue weighted by atomic mass is 10.2. The minimum absolute atomic E-state index is 0.715. The van der Waals surface area contributed by atoms with Gasteiger partial charge in [0.1, 0.15) is 10.0 Å². The normalized spacial score (nSPS) is 11.5. The van der Waals surface area contributed by atoms with Gasteiger partial charge in [-0.05, 0) is 24.3 Å². The molecule has 2 aromatic heterocycles. The lowest BCUT2D eigenvalue weighted by Crippen LogP contribution is -1.77. The number of rotatable bonds is 2. The predicted octanol–water partition coefficient (Wildman–Crippen LogP) is 7.55. The van der Waals surface area contributed by atoms with Crippen molar-refractivity contribution in [2.45, 2.75) is 0 Å². The molecule has 0 atom stereocenters. The molecule has 126 valence electrons. The summed E-state index contributed by atoms with van der Waals surface area (Å²) in [5.41, 5.74) is 3.85. The zero-order chi connectivity index (χ0) is 17.7. The van der Waals surface area contributed by atoms with Crippen molar-refractivity contribution in [1.29, 1.82) is 0 Å². The molecule has 6 heteroatoms. The van der Waals surface area contributed by atoms with E-state index < -0.39 is 0 Å².